The van der Waals surface area contributed by atoms with Crippen LogP contribution in [0.25, 0.3) is 0 Å². The number of fused-ring (bicyclic) bond motifs is 1. The molecule has 3 aliphatic heterocycles. The van der Waals surface area contributed by atoms with Gasteiger partial charge in [0.1, 0.15) is 0 Å². The number of benzene rings is 1. The third-order valence-electron chi connectivity index (χ3n) is 8.17. The average Bonchev–Trinajstić information content (AvgIpc) is 3.33. The number of ether oxygens (including phenoxy) is 1. The third kappa shape index (κ3) is 4.36. The van der Waals surface area contributed by atoms with Gasteiger partial charge >= 0.3 is 0 Å². The fourth-order valence-electron chi connectivity index (χ4n) is 6.41. The smallest absolute Gasteiger partial charge is 0.226 e. The van der Waals surface area contributed by atoms with E-state index in [1.54, 1.807) is 0 Å². The number of hydrogen-bond acceptors (Lipinski definition) is 4. The van der Waals surface area contributed by atoms with Gasteiger partial charge in [-0.3, -0.25) is 9.69 Å². The number of anilines is 1. The number of morpholine rings is 1. The molecule has 31 heavy (non-hydrogen) atoms. The van der Waals surface area contributed by atoms with Crippen LogP contribution in [-0.2, 0) is 21.5 Å². The molecular formula is C26H39N3O2. The monoisotopic (exact) mass is 425 g/mol. The Morgan fingerprint density at radius 2 is 1.71 bits per heavy atom. The summed E-state index contributed by atoms with van der Waals surface area (Å²) in [7, 11) is 0. The molecule has 3 heterocycles. The lowest BCUT2D eigenvalue weighted by Crippen LogP contribution is -2.49. The van der Waals surface area contributed by atoms with Gasteiger partial charge in [-0.05, 0) is 48.9 Å². The Labute approximate surface area is 187 Å². The number of carbonyl (C=O) groups is 1. The Bertz CT molecular complexity index is 788. The van der Waals surface area contributed by atoms with Gasteiger partial charge in [0.25, 0.3) is 0 Å². The highest BCUT2D eigenvalue weighted by atomic mass is 16.5. The van der Waals surface area contributed by atoms with E-state index in [9.17, 15) is 4.79 Å². The average molecular weight is 426 g/mol. The van der Waals surface area contributed by atoms with Crippen LogP contribution in [0, 0.1) is 5.92 Å². The highest BCUT2D eigenvalue weighted by Crippen LogP contribution is 2.38. The van der Waals surface area contributed by atoms with Gasteiger partial charge in [0.2, 0.25) is 5.91 Å². The summed E-state index contributed by atoms with van der Waals surface area (Å²) in [5.41, 5.74) is 4.14. The minimum Gasteiger partial charge on any atom is -0.379 e. The summed E-state index contributed by atoms with van der Waals surface area (Å²) in [6, 6.07) is 7.76. The first-order valence-electron chi connectivity index (χ1n) is 12.5. The predicted octanol–water partition coefficient (Wildman–Crippen LogP) is 3.80. The summed E-state index contributed by atoms with van der Waals surface area (Å²) in [5, 5.41) is 0. The molecule has 1 aromatic carbocycles. The number of hydrogen-bond donors (Lipinski definition) is 0. The summed E-state index contributed by atoms with van der Waals surface area (Å²) >= 11 is 0. The maximum absolute atomic E-state index is 13.2. The molecule has 0 atom stereocenters. The van der Waals surface area contributed by atoms with Crippen LogP contribution in [0.3, 0.4) is 0 Å². The number of nitrogens with zero attached hydrogens (tertiary/aromatic N) is 3. The maximum Gasteiger partial charge on any atom is 0.226 e. The van der Waals surface area contributed by atoms with Crippen LogP contribution in [0.4, 0.5) is 5.69 Å². The largest absolute Gasteiger partial charge is 0.379 e. The van der Waals surface area contributed by atoms with Gasteiger partial charge in [0.15, 0.2) is 0 Å². The fraction of sp³-hybridized carbons (Fsp3) is 0.731. The molecule has 4 aliphatic rings. The van der Waals surface area contributed by atoms with Gasteiger partial charge in [-0.2, -0.15) is 0 Å². The molecule has 1 amide bonds. The quantitative estimate of drug-likeness (QED) is 0.738. The number of carbonyl (C=O) groups excluding carboxylic acids is 1. The second-order valence-electron chi connectivity index (χ2n) is 10.8. The molecular weight excluding hydrogens is 386 g/mol. The van der Waals surface area contributed by atoms with Crippen molar-refractivity contribution in [3.8, 4) is 0 Å². The Morgan fingerprint density at radius 1 is 1.00 bits per heavy atom. The molecule has 0 bridgehead atoms. The molecule has 1 saturated carbocycles. The number of amides is 1. The molecule has 5 rings (SSSR count). The first-order chi connectivity index (χ1) is 15.0. The lowest BCUT2D eigenvalue weighted by atomic mass is 9.77. The first kappa shape index (κ1) is 21.3. The van der Waals surface area contributed by atoms with Gasteiger partial charge in [0, 0.05) is 62.3 Å². The zero-order chi connectivity index (χ0) is 21.4. The molecule has 3 fully saturated rings. The van der Waals surface area contributed by atoms with Crippen LogP contribution >= 0.6 is 0 Å². The summed E-state index contributed by atoms with van der Waals surface area (Å²) < 4.78 is 5.53. The van der Waals surface area contributed by atoms with E-state index >= 15 is 0 Å². The van der Waals surface area contributed by atoms with E-state index in [0.29, 0.717) is 11.9 Å². The standard InChI is InChI=1S/C26H39N3O2/c1-26(2)19-29(25(30)20-5-3-4-6-20)18-21-17-23(7-8-24(21)26)27-11-9-22(10-12-27)28-13-15-31-16-14-28/h7-8,17,20,22H,3-6,9-16,18-19H2,1-2H3. The van der Waals surface area contributed by atoms with Crippen LogP contribution in [-0.4, -0.2) is 67.7 Å². The molecule has 0 radical (unpaired) electrons. The van der Waals surface area contributed by atoms with E-state index in [-0.39, 0.29) is 11.3 Å². The zero-order valence-electron chi connectivity index (χ0n) is 19.4. The maximum atomic E-state index is 13.2. The lowest BCUT2D eigenvalue weighted by molar-refractivity contribution is -0.137. The van der Waals surface area contributed by atoms with E-state index in [0.717, 1.165) is 65.3 Å². The number of rotatable bonds is 3. The van der Waals surface area contributed by atoms with E-state index < -0.39 is 0 Å². The Kier molecular flexibility index (Phi) is 6.00. The zero-order valence-corrected chi connectivity index (χ0v) is 19.4. The first-order valence-corrected chi connectivity index (χ1v) is 12.5. The van der Waals surface area contributed by atoms with Crippen LogP contribution in [0.5, 0.6) is 0 Å². The van der Waals surface area contributed by atoms with Crippen molar-refractivity contribution in [1.82, 2.24) is 9.80 Å². The molecule has 0 spiro atoms. The predicted molar refractivity (Wildman–Crippen MR) is 124 cm³/mol. The second kappa shape index (κ2) is 8.74. The summed E-state index contributed by atoms with van der Waals surface area (Å²) in [4.78, 5) is 20.5. The SMILES string of the molecule is CC1(C)CN(C(=O)C2CCCC2)Cc2cc(N3CCC(N4CCOCC4)CC3)ccc21. The van der Waals surface area contributed by atoms with Crippen molar-refractivity contribution in [3.63, 3.8) is 0 Å². The van der Waals surface area contributed by atoms with Gasteiger partial charge in [0.05, 0.1) is 13.2 Å². The van der Waals surface area contributed by atoms with E-state index in [1.807, 2.05) is 0 Å². The minimum atomic E-state index is 0.0176. The molecule has 2 saturated heterocycles. The molecule has 0 aromatic heterocycles. The summed E-state index contributed by atoms with van der Waals surface area (Å²) in [5.74, 6) is 0.660. The highest BCUT2D eigenvalue weighted by Gasteiger charge is 2.37. The Morgan fingerprint density at radius 3 is 2.42 bits per heavy atom. The van der Waals surface area contributed by atoms with Crippen LogP contribution in [0.2, 0.25) is 0 Å². The molecule has 170 valence electrons. The van der Waals surface area contributed by atoms with Crippen molar-refractivity contribution in [2.45, 2.75) is 70.4 Å². The molecule has 1 aliphatic carbocycles. The summed E-state index contributed by atoms with van der Waals surface area (Å²) in [6.45, 7) is 12.4. The van der Waals surface area contributed by atoms with Crippen molar-refractivity contribution in [2.75, 3.05) is 50.8 Å². The van der Waals surface area contributed by atoms with Crippen molar-refractivity contribution >= 4 is 11.6 Å². The van der Waals surface area contributed by atoms with Crippen molar-refractivity contribution < 1.29 is 9.53 Å². The Hall–Kier alpha value is -1.59. The van der Waals surface area contributed by atoms with E-state index in [2.05, 4.69) is 46.7 Å². The topological polar surface area (TPSA) is 36.0 Å². The highest BCUT2D eigenvalue weighted by molar-refractivity contribution is 5.79. The van der Waals surface area contributed by atoms with Crippen molar-refractivity contribution in [3.05, 3.63) is 29.3 Å². The van der Waals surface area contributed by atoms with Crippen LogP contribution in [0.1, 0.15) is 63.5 Å². The van der Waals surface area contributed by atoms with Crippen molar-refractivity contribution in [2.24, 2.45) is 5.92 Å². The van der Waals surface area contributed by atoms with Crippen LogP contribution in [0.15, 0.2) is 18.2 Å². The van der Waals surface area contributed by atoms with Gasteiger partial charge < -0.3 is 14.5 Å². The van der Waals surface area contributed by atoms with Gasteiger partial charge in [-0.1, -0.05) is 32.8 Å². The molecule has 0 N–H and O–H groups in total. The minimum absolute atomic E-state index is 0.0176. The second-order valence-corrected chi connectivity index (χ2v) is 10.8. The van der Waals surface area contributed by atoms with E-state index in [1.165, 1.54) is 42.5 Å². The van der Waals surface area contributed by atoms with Crippen molar-refractivity contribution in [1.29, 1.82) is 0 Å². The number of piperidine rings is 1. The molecule has 5 nitrogen and oxygen atoms in total. The van der Waals surface area contributed by atoms with Gasteiger partial charge in [-0.25, -0.2) is 0 Å². The van der Waals surface area contributed by atoms with Crippen LogP contribution < -0.4 is 4.90 Å². The van der Waals surface area contributed by atoms with Gasteiger partial charge in [-0.15, -0.1) is 0 Å². The molecule has 5 heteroatoms. The molecule has 0 unspecified atom stereocenters. The third-order valence-corrected chi connectivity index (χ3v) is 8.17. The Balaban J connectivity index is 1.28. The lowest BCUT2D eigenvalue weighted by Gasteiger charge is -2.43. The molecule has 1 aromatic rings. The van der Waals surface area contributed by atoms with E-state index in [4.69, 9.17) is 4.74 Å². The summed E-state index contributed by atoms with van der Waals surface area (Å²) in [6.07, 6.45) is 7.06. The fourth-order valence-corrected chi connectivity index (χ4v) is 6.41. The normalized spacial score (nSPS) is 25.6.